The van der Waals surface area contributed by atoms with Crippen LogP contribution in [-0.4, -0.2) is 36.3 Å². The van der Waals surface area contributed by atoms with Gasteiger partial charge in [-0.05, 0) is 37.1 Å². The Balaban J connectivity index is 2.00. The smallest absolute Gasteiger partial charge is 0.253 e. The lowest BCUT2D eigenvalue weighted by Gasteiger charge is -2.32. The number of piperidine rings is 1. The van der Waals surface area contributed by atoms with Crippen LogP contribution in [0.2, 0.25) is 5.02 Å². The molecule has 1 aliphatic heterocycles. The lowest BCUT2D eigenvalue weighted by molar-refractivity contribution is -0.126. The van der Waals surface area contributed by atoms with Crippen LogP contribution in [0.4, 0.5) is 0 Å². The van der Waals surface area contributed by atoms with Crippen LogP contribution in [0.5, 0.6) is 0 Å². The maximum atomic E-state index is 12.4. The minimum Gasteiger partial charge on any atom is -0.352 e. The summed E-state index contributed by atoms with van der Waals surface area (Å²) in [6.45, 7) is 5.19. The molecule has 1 N–H and O–H groups in total. The molecule has 1 heterocycles. The summed E-state index contributed by atoms with van der Waals surface area (Å²) in [4.78, 5) is 26.2. The molecule has 0 bridgehead atoms. The standard InChI is InChI=1S/C16H19ClN2O2/c1-2-9-18-15(20)13-4-3-10-19(11-13)16(21)12-5-7-14(17)8-6-12/h2,5-8,13H,1,3-4,9-11H2,(H,18,20). The van der Waals surface area contributed by atoms with Crippen molar-refractivity contribution in [1.29, 1.82) is 0 Å². The molecule has 1 aliphatic rings. The number of hydrogen-bond donors (Lipinski definition) is 1. The van der Waals surface area contributed by atoms with Gasteiger partial charge in [0.25, 0.3) is 5.91 Å². The van der Waals surface area contributed by atoms with Crippen LogP contribution in [-0.2, 0) is 4.79 Å². The molecule has 112 valence electrons. The molecule has 0 aromatic heterocycles. The Hall–Kier alpha value is -1.81. The van der Waals surface area contributed by atoms with Gasteiger partial charge in [0.05, 0.1) is 5.92 Å². The maximum Gasteiger partial charge on any atom is 0.253 e. The summed E-state index contributed by atoms with van der Waals surface area (Å²) >= 11 is 5.83. The Bertz CT molecular complexity index is 528. The highest BCUT2D eigenvalue weighted by atomic mass is 35.5. The normalized spacial score (nSPS) is 18.1. The predicted molar refractivity (Wildman–Crippen MR) is 83.3 cm³/mol. The Kier molecular flexibility index (Phi) is 5.39. The Morgan fingerprint density at radius 3 is 2.76 bits per heavy atom. The summed E-state index contributed by atoms with van der Waals surface area (Å²) in [5, 5.41) is 3.40. The molecule has 0 radical (unpaired) electrons. The minimum atomic E-state index is -0.144. The molecule has 21 heavy (non-hydrogen) atoms. The number of benzene rings is 1. The highest BCUT2D eigenvalue weighted by Gasteiger charge is 2.28. The first-order valence-electron chi connectivity index (χ1n) is 7.05. The predicted octanol–water partition coefficient (Wildman–Crippen LogP) is 2.49. The quantitative estimate of drug-likeness (QED) is 0.869. The summed E-state index contributed by atoms with van der Waals surface area (Å²) in [6, 6.07) is 6.83. The molecule has 4 nitrogen and oxygen atoms in total. The van der Waals surface area contributed by atoms with E-state index in [1.807, 2.05) is 0 Å². The number of carbonyl (C=O) groups excluding carboxylic acids is 2. The van der Waals surface area contributed by atoms with Crippen molar-refractivity contribution in [3.63, 3.8) is 0 Å². The van der Waals surface area contributed by atoms with Gasteiger partial charge in [-0.15, -0.1) is 6.58 Å². The first kappa shape index (κ1) is 15.6. The molecule has 1 aromatic rings. The highest BCUT2D eigenvalue weighted by molar-refractivity contribution is 6.30. The molecule has 2 rings (SSSR count). The summed E-state index contributed by atoms with van der Waals surface area (Å²) in [5.41, 5.74) is 0.603. The van der Waals surface area contributed by atoms with Crippen molar-refractivity contribution in [3.05, 3.63) is 47.5 Å². The Morgan fingerprint density at radius 2 is 2.10 bits per heavy atom. The molecule has 1 unspecified atom stereocenters. The zero-order valence-electron chi connectivity index (χ0n) is 11.8. The van der Waals surface area contributed by atoms with Crippen molar-refractivity contribution in [1.82, 2.24) is 10.2 Å². The highest BCUT2D eigenvalue weighted by Crippen LogP contribution is 2.19. The molecule has 2 amide bonds. The zero-order chi connectivity index (χ0) is 15.2. The molecule has 0 aliphatic carbocycles. The Morgan fingerprint density at radius 1 is 1.38 bits per heavy atom. The van der Waals surface area contributed by atoms with Crippen molar-refractivity contribution in [2.24, 2.45) is 5.92 Å². The number of halogens is 1. The number of hydrogen-bond acceptors (Lipinski definition) is 2. The van der Waals surface area contributed by atoms with E-state index in [9.17, 15) is 9.59 Å². The van der Waals surface area contributed by atoms with E-state index in [0.29, 0.717) is 30.2 Å². The van der Waals surface area contributed by atoms with Crippen LogP contribution in [0.1, 0.15) is 23.2 Å². The molecular formula is C16H19ClN2O2. The number of likely N-dealkylation sites (tertiary alicyclic amines) is 1. The summed E-state index contributed by atoms with van der Waals surface area (Å²) in [5.74, 6) is -0.202. The molecule has 0 spiro atoms. The third-order valence-corrected chi connectivity index (χ3v) is 3.84. The van der Waals surface area contributed by atoms with E-state index in [1.165, 1.54) is 0 Å². The fraction of sp³-hybridized carbons (Fsp3) is 0.375. The van der Waals surface area contributed by atoms with Crippen molar-refractivity contribution >= 4 is 23.4 Å². The van der Waals surface area contributed by atoms with Crippen LogP contribution in [0.25, 0.3) is 0 Å². The van der Waals surface area contributed by atoms with Gasteiger partial charge in [-0.25, -0.2) is 0 Å². The van der Waals surface area contributed by atoms with Gasteiger partial charge in [-0.3, -0.25) is 9.59 Å². The number of carbonyl (C=O) groups is 2. The summed E-state index contributed by atoms with van der Waals surface area (Å²) < 4.78 is 0. The first-order valence-corrected chi connectivity index (χ1v) is 7.43. The summed E-state index contributed by atoms with van der Waals surface area (Å²) in [6.07, 6.45) is 3.30. The number of nitrogens with one attached hydrogen (secondary N) is 1. The fourth-order valence-corrected chi connectivity index (χ4v) is 2.59. The van der Waals surface area contributed by atoms with E-state index in [-0.39, 0.29) is 17.7 Å². The van der Waals surface area contributed by atoms with Gasteiger partial charge in [-0.1, -0.05) is 17.7 Å². The first-order chi connectivity index (χ1) is 10.1. The van der Waals surface area contributed by atoms with Gasteiger partial charge in [0.15, 0.2) is 0 Å². The average molecular weight is 307 g/mol. The van der Waals surface area contributed by atoms with Crippen molar-refractivity contribution in [2.45, 2.75) is 12.8 Å². The van der Waals surface area contributed by atoms with Crippen LogP contribution in [0, 0.1) is 5.92 Å². The minimum absolute atomic E-state index is 0.0106. The monoisotopic (exact) mass is 306 g/mol. The third kappa shape index (κ3) is 4.08. The Labute approximate surface area is 129 Å². The van der Waals surface area contributed by atoms with Gasteiger partial charge in [0.2, 0.25) is 5.91 Å². The van der Waals surface area contributed by atoms with Gasteiger partial charge >= 0.3 is 0 Å². The van der Waals surface area contributed by atoms with Gasteiger partial charge in [-0.2, -0.15) is 0 Å². The van der Waals surface area contributed by atoms with Crippen LogP contribution >= 0.6 is 11.6 Å². The lowest BCUT2D eigenvalue weighted by Crippen LogP contribution is -2.45. The van der Waals surface area contributed by atoms with Crippen LogP contribution in [0.15, 0.2) is 36.9 Å². The largest absolute Gasteiger partial charge is 0.352 e. The van der Waals surface area contributed by atoms with E-state index in [4.69, 9.17) is 11.6 Å². The van der Waals surface area contributed by atoms with Crippen molar-refractivity contribution < 1.29 is 9.59 Å². The fourth-order valence-electron chi connectivity index (χ4n) is 2.47. The second-order valence-electron chi connectivity index (χ2n) is 5.13. The SMILES string of the molecule is C=CCNC(=O)C1CCCN(C(=O)c2ccc(Cl)cc2)C1. The molecule has 0 saturated carbocycles. The zero-order valence-corrected chi connectivity index (χ0v) is 12.6. The van der Waals surface area contributed by atoms with Crippen molar-refractivity contribution in [2.75, 3.05) is 19.6 Å². The van der Waals surface area contributed by atoms with E-state index in [0.717, 1.165) is 12.8 Å². The van der Waals surface area contributed by atoms with E-state index >= 15 is 0 Å². The number of amides is 2. The number of nitrogens with zero attached hydrogens (tertiary/aromatic N) is 1. The molecule has 1 saturated heterocycles. The maximum absolute atomic E-state index is 12.4. The summed E-state index contributed by atoms with van der Waals surface area (Å²) in [7, 11) is 0. The topological polar surface area (TPSA) is 49.4 Å². The van der Waals surface area contributed by atoms with Gasteiger partial charge in [0.1, 0.15) is 0 Å². The van der Waals surface area contributed by atoms with E-state index in [2.05, 4.69) is 11.9 Å². The third-order valence-electron chi connectivity index (χ3n) is 3.59. The van der Waals surface area contributed by atoms with E-state index in [1.54, 1.807) is 35.2 Å². The van der Waals surface area contributed by atoms with E-state index < -0.39 is 0 Å². The molecular weight excluding hydrogens is 288 g/mol. The second kappa shape index (κ2) is 7.27. The van der Waals surface area contributed by atoms with Crippen molar-refractivity contribution in [3.8, 4) is 0 Å². The molecule has 5 heteroatoms. The lowest BCUT2D eigenvalue weighted by atomic mass is 9.96. The van der Waals surface area contributed by atoms with Crippen LogP contribution in [0.3, 0.4) is 0 Å². The molecule has 1 fully saturated rings. The second-order valence-corrected chi connectivity index (χ2v) is 5.57. The number of rotatable bonds is 4. The van der Waals surface area contributed by atoms with Crippen LogP contribution < -0.4 is 5.32 Å². The molecule has 1 atom stereocenters. The van der Waals surface area contributed by atoms with Gasteiger partial charge in [0, 0.05) is 30.2 Å². The van der Waals surface area contributed by atoms with Gasteiger partial charge < -0.3 is 10.2 Å². The molecule has 1 aromatic carbocycles. The average Bonchev–Trinajstić information content (AvgIpc) is 2.52.